The van der Waals surface area contributed by atoms with Crippen LogP contribution in [0.2, 0.25) is 0 Å². The predicted octanol–water partition coefficient (Wildman–Crippen LogP) is 2.83. The maximum absolute atomic E-state index is 13.4. The average molecular weight is 287 g/mol. The standard InChI is InChI=1S/C14H20ClFN2O/c15-9-12(19)10-17-13-8-11(16)4-5-14(13)18-6-2-1-3-7-18/h4-5,8,12,17,19H,1-3,6-7,9-10H2. The number of hydrogen-bond donors (Lipinski definition) is 2. The first kappa shape index (κ1) is 14.4. The molecule has 0 aliphatic carbocycles. The predicted molar refractivity (Wildman–Crippen MR) is 77.7 cm³/mol. The van der Waals surface area contributed by atoms with Gasteiger partial charge in [-0.25, -0.2) is 4.39 Å². The lowest BCUT2D eigenvalue weighted by atomic mass is 10.1. The number of piperidine rings is 1. The SMILES string of the molecule is OC(CCl)CNc1cc(F)ccc1N1CCCCC1. The molecule has 0 bridgehead atoms. The fourth-order valence-corrected chi connectivity index (χ4v) is 2.45. The number of nitrogens with one attached hydrogen (secondary N) is 1. The summed E-state index contributed by atoms with van der Waals surface area (Å²) in [6, 6.07) is 4.76. The van der Waals surface area contributed by atoms with Gasteiger partial charge in [-0.3, -0.25) is 0 Å². The van der Waals surface area contributed by atoms with Crippen molar-refractivity contribution in [1.82, 2.24) is 0 Å². The number of benzene rings is 1. The second-order valence-electron chi connectivity index (χ2n) is 4.90. The summed E-state index contributed by atoms with van der Waals surface area (Å²) < 4.78 is 13.4. The molecule has 1 aliphatic rings. The minimum absolute atomic E-state index is 0.168. The molecule has 2 N–H and O–H groups in total. The Morgan fingerprint density at radius 1 is 1.32 bits per heavy atom. The van der Waals surface area contributed by atoms with Gasteiger partial charge in [0, 0.05) is 19.6 Å². The second kappa shape index (κ2) is 6.96. The van der Waals surface area contributed by atoms with Crippen LogP contribution in [0.4, 0.5) is 15.8 Å². The van der Waals surface area contributed by atoms with Gasteiger partial charge in [0.1, 0.15) is 5.82 Å². The van der Waals surface area contributed by atoms with Crippen molar-refractivity contribution in [2.45, 2.75) is 25.4 Å². The minimum Gasteiger partial charge on any atom is -0.390 e. The van der Waals surface area contributed by atoms with E-state index in [0.29, 0.717) is 6.54 Å². The summed E-state index contributed by atoms with van der Waals surface area (Å²) >= 11 is 5.56. The van der Waals surface area contributed by atoms with Crippen LogP contribution < -0.4 is 10.2 Å². The molecule has 1 atom stereocenters. The van der Waals surface area contributed by atoms with E-state index in [9.17, 15) is 9.50 Å². The van der Waals surface area contributed by atoms with Crippen molar-refractivity contribution in [2.24, 2.45) is 0 Å². The number of nitrogens with zero attached hydrogens (tertiary/aromatic N) is 1. The highest BCUT2D eigenvalue weighted by Crippen LogP contribution is 2.29. The van der Waals surface area contributed by atoms with Gasteiger partial charge in [-0.15, -0.1) is 11.6 Å². The summed E-state index contributed by atoms with van der Waals surface area (Å²) in [7, 11) is 0. The average Bonchev–Trinajstić information content (AvgIpc) is 2.45. The normalized spacial score (nSPS) is 17.3. The Bertz CT molecular complexity index is 410. The molecule has 0 spiro atoms. The van der Waals surface area contributed by atoms with Gasteiger partial charge >= 0.3 is 0 Å². The first-order chi connectivity index (χ1) is 9.20. The van der Waals surface area contributed by atoms with Crippen molar-refractivity contribution in [1.29, 1.82) is 0 Å². The van der Waals surface area contributed by atoms with E-state index in [1.165, 1.54) is 31.4 Å². The second-order valence-corrected chi connectivity index (χ2v) is 5.21. The van der Waals surface area contributed by atoms with Crippen molar-refractivity contribution in [3.8, 4) is 0 Å². The van der Waals surface area contributed by atoms with Gasteiger partial charge in [0.05, 0.1) is 23.4 Å². The number of aliphatic hydroxyl groups is 1. The monoisotopic (exact) mass is 286 g/mol. The third kappa shape index (κ3) is 3.98. The molecule has 1 unspecified atom stereocenters. The zero-order chi connectivity index (χ0) is 13.7. The minimum atomic E-state index is -0.626. The molecule has 1 saturated heterocycles. The highest BCUT2D eigenvalue weighted by Gasteiger charge is 2.15. The Balaban J connectivity index is 2.12. The van der Waals surface area contributed by atoms with Crippen LogP contribution >= 0.6 is 11.6 Å². The Kier molecular flexibility index (Phi) is 5.28. The van der Waals surface area contributed by atoms with Gasteiger partial charge in [-0.05, 0) is 37.5 Å². The maximum atomic E-state index is 13.4. The van der Waals surface area contributed by atoms with Crippen LogP contribution in [0.25, 0.3) is 0 Å². The molecule has 5 heteroatoms. The third-order valence-electron chi connectivity index (χ3n) is 3.36. The van der Waals surface area contributed by atoms with Crippen LogP contribution in [-0.4, -0.2) is 36.7 Å². The number of alkyl halides is 1. The molecule has 106 valence electrons. The summed E-state index contributed by atoms with van der Waals surface area (Å²) in [5.41, 5.74) is 1.73. The third-order valence-corrected chi connectivity index (χ3v) is 3.72. The lowest BCUT2D eigenvalue weighted by Crippen LogP contribution is -2.30. The highest BCUT2D eigenvalue weighted by molar-refractivity contribution is 6.18. The number of hydrogen-bond acceptors (Lipinski definition) is 3. The van der Waals surface area contributed by atoms with Crippen LogP contribution in [0, 0.1) is 5.82 Å². The van der Waals surface area contributed by atoms with E-state index in [1.54, 1.807) is 6.07 Å². The topological polar surface area (TPSA) is 35.5 Å². The largest absolute Gasteiger partial charge is 0.390 e. The quantitative estimate of drug-likeness (QED) is 0.817. The first-order valence-corrected chi connectivity index (χ1v) is 7.26. The van der Waals surface area contributed by atoms with Crippen molar-refractivity contribution < 1.29 is 9.50 Å². The molecule has 0 radical (unpaired) electrons. The molecule has 1 aliphatic heterocycles. The van der Waals surface area contributed by atoms with Crippen LogP contribution in [0.5, 0.6) is 0 Å². The molecule has 1 aromatic rings. The van der Waals surface area contributed by atoms with Crippen LogP contribution in [0.3, 0.4) is 0 Å². The first-order valence-electron chi connectivity index (χ1n) is 6.73. The van der Waals surface area contributed by atoms with Crippen LogP contribution in [-0.2, 0) is 0 Å². The highest BCUT2D eigenvalue weighted by atomic mass is 35.5. The van der Waals surface area contributed by atoms with Crippen molar-refractivity contribution in [3.63, 3.8) is 0 Å². The molecule has 0 amide bonds. The Morgan fingerprint density at radius 2 is 2.05 bits per heavy atom. The van der Waals surface area contributed by atoms with E-state index in [1.807, 2.05) is 0 Å². The molecule has 19 heavy (non-hydrogen) atoms. The fraction of sp³-hybridized carbons (Fsp3) is 0.571. The van der Waals surface area contributed by atoms with Gasteiger partial charge < -0.3 is 15.3 Å². The molecule has 1 aromatic carbocycles. The molecule has 1 fully saturated rings. The van der Waals surface area contributed by atoms with Crippen molar-refractivity contribution >= 4 is 23.0 Å². The van der Waals surface area contributed by atoms with E-state index in [-0.39, 0.29) is 11.7 Å². The lowest BCUT2D eigenvalue weighted by Gasteiger charge is -2.31. The van der Waals surface area contributed by atoms with Crippen molar-refractivity contribution in [3.05, 3.63) is 24.0 Å². The van der Waals surface area contributed by atoms with Gasteiger partial charge in [0.2, 0.25) is 0 Å². The molecule has 2 rings (SSSR count). The molecule has 0 aromatic heterocycles. The van der Waals surface area contributed by atoms with Gasteiger partial charge in [0.15, 0.2) is 0 Å². The van der Waals surface area contributed by atoms with Gasteiger partial charge in [-0.2, -0.15) is 0 Å². The number of anilines is 2. The van der Waals surface area contributed by atoms with E-state index >= 15 is 0 Å². The van der Waals surface area contributed by atoms with Gasteiger partial charge in [0.25, 0.3) is 0 Å². The fourth-order valence-electron chi connectivity index (χ4n) is 2.34. The van der Waals surface area contributed by atoms with Crippen LogP contribution in [0.1, 0.15) is 19.3 Å². The Morgan fingerprint density at radius 3 is 2.74 bits per heavy atom. The summed E-state index contributed by atoms with van der Waals surface area (Å²) in [6.07, 6.45) is 2.97. The van der Waals surface area contributed by atoms with E-state index in [0.717, 1.165) is 24.5 Å². The summed E-state index contributed by atoms with van der Waals surface area (Å²) in [5.74, 6) is -0.106. The zero-order valence-corrected chi connectivity index (χ0v) is 11.7. The van der Waals surface area contributed by atoms with Gasteiger partial charge in [-0.1, -0.05) is 0 Å². The van der Waals surface area contributed by atoms with E-state index in [2.05, 4.69) is 10.2 Å². The molecular formula is C14H20ClFN2O. The summed E-state index contributed by atoms with van der Waals surface area (Å²) in [6.45, 7) is 2.32. The van der Waals surface area contributed by atoms with Crippen LogP contribution in [0.15, 0.2) is 18.2 Å². The smallest absolute Gasteiger partial charge is 0.125 e. The van der Waals surface area contributed by atoms with E-state index in [4.69, 9.17) is 11.6 Å². The molecule has 0 saturated carbocycles. The number of halogens is 2. The summed E-state index contributed by atoms with van der Waals surface area (Å²) in [4.78, 5) is 2.26. The summed E-state index contributed by atoms with van der Waals surface area (Å²) in [5, 5.41) is 12.6. The number of aliphatic hydroxyl groups excluding tert-OH is 1. The molecular weight excluding hydrogens is 267 g/mol. The van der Waals surface area contributed by atoms with E-state index < -0.39 is 6.10 Å². The Labute approximate surface area is 118 Å². The van der Waals surface area contributed by atoms with Crippen molar-refractivity contribution in [2.75, 3.05) is 35.7 Å². The maximum Gasteiger partial charge on any atom is 0.125 e. The Hall–Kier alpha value is -1.00. The molecule has 3 nitrogen and oxygen atoms in total. The number of rotatable bonds is 5. The zero-order valence-electron chi connectivity index (χ0n) is 10.9. The lowest BCUT2D eigenvalue weighted by molar-refractivity contribution is 0.211. The molecule has 1 heterocycles.